The summed E-state index contributed by atoms with van der Waals surface area (Å²) in [7, 11) is -3.88. The Bertz CT molecular complexity index is 1250. The molecule has 0 radical (unpaired) electrons. The molecule has 1 aliphatic carbocycles. The van der Waals surface area contributed by atoms with Crippen molar-refractivity contribution < 1.29 is 18.0 Å². The van der Waals surface area contributed by atoms with Gasteiger partial charge in [-0.25, -0.2) is 8.42 Å². The summed E-state index contributed by atoms with van der Waals surface area (Å²) in [4.78, 5) is 28.8. The fraction of sp³-hybridized carbons (Fsp3) is 0.481. The minimum absolute atomic E-state index is 0.0489. The smallest absolute Gasteiger partial charge is 0.244 e. The summed E-state index contributed by atoms with van der Waals surface area (Å²) in [5.74, 6) is -0.836. The summed E-state index contributed by atoms with van der Waals surface area (Å²) in [6.07, 6.45) is 6.36. The van der Waals surface area contributed by atoms with E-state index in [-0.39, 0.29) is 18.5 Å². The number of nitrogens with zero attached hydrogens (tertiary/aromatic N) is 2. The topological polar surface area (TPSA) is 86.8 Å². The number of aryl methyl sites for hydroxylation is 1. The molecule has 3 rings (SSSR count). The molecular weight excluding hydrogens is 569 g/mol. The highest BCUT2D eigenvalue weighted by molar-refractivity contribution is 7.92. The highest BCUT2D eigenvalue weighted by Gasteiger charge is 2.34. The van der Waals surface area contributed by atoms with Gasteiger partial charge in [-0.15, -0.1) is 0 Å². The Balaban J connectivity index is 1.99. The molecule has 0 saturated heterocycles. The van der Waals surface area contributed by atoms with Gasteiger partial charge >= 0.3 is 0 Å². The number of rotatable bonds is 10. The molecule has 2 amide bonds. The van der Waals surface area contributed by atoms with Gasteiger partial charge in [-0.1, -0.05) is 73.1 Å². The number of nitrogens with one attached hydrogen (secondary N) is 1. The van der Waals surface area contributed by atoms with Crippen LogP contribution in [0.25, 0.3) is 0 Å². The molecule has 1 saturated carbocycles. The van der Waals surface area contributed by atoms with Gasteiger partial charge in [0.25, 0.3) is 0 Å². The zero-order valence-electron chi connectivity index (χ0n) is 21.8. The van der Waals surface area contributed by atoms with Crippen molar-refractivity contribution >= 4 is 62.3 Å². The minimum atomic E-state index is -3.88. The van der Waals surface area contributed by atoms with Crippen molar-refractivity contribution in [1.82, 2.24) is 10.2 Å². The quantitative estimate of drug-likeness (QED) is 0.363. The predicted octanol–water partition coefficient (Wildman–Crippen LogP) is 5.98. The first-order valence-electron chi connectivity index (χ1n) is 12.7. The van der Waals surface area contributed by atoms with Crippen molar-refractivity contribution in [2.75, 3.05) is 17.1 Å². The lowest BCUT2D eigenvalue weighted by Crippen LogP contribution is -2.54. The van der Waals surface area contributed by atoms with Gasteiger partial charge in [0, 0.05) is 33.2 Å². The van der Waals surface area contributed by atoms with E-state index in [4.69, 9.17) is 34.8 Å². The first-order valence-corrected chi connectivity index (χ1v) is 15.7. The molecule has 0 spiro atoms. The van der Waals surface area contributed by atoms with Crippen LogP contribution >= 0.6 is 34.8 Å². The summed E-state index contributed by atoms with van der Waals surface area (Å²) in [6.45, 7) is 2.98. The molecule has 0 bridgehead atoms. The van der Waals surface area contributed by atoms with Crippen LogP contribution < -0.4 is 9.62 Å². The van der Waals surface area contributed by atoms with Gasteiger partial charge in [-0.3, -0.25) is 13.9 Å². The molecule has 2 aromatic rings. The SMILES string of the molecule is CC[C@@H](C(=O)NC1CCCCC1)N(Cc1c(Cl)cccc1Cl)C(=O)CN(c1cc(Cl)ccc1C)S(C)(=O)=O. The maximum atomic E-state index is 13.9. The lowest BCUT2D eigenvalue weighted by atomic mass is 9.95. The summed E-state index contributed by atoms with van der Waals surface area (Å²) in [5.41, 5.74) is 1.41. The van der Waals surface area contributed by atoms with Crippen LogP contribution in [0.4, 0.5) is 5.69 Å². The monoisotopic (exact) mass is 601 g/mol. The fourth-order valence-corrected chi connectivity index (χ4v) is 6.35. The third-order valence-corrected chi connectivity index (χ3v) is 8.92. The number of hydrogen-bond donors (Lipinski definition) is 1. The van der Waals surface area contributed by atoms with Gasteiger partial charge in [0.05, 0.1) is 11.9 Å². The largest absolute Gasteiger partial charge is 0.352 e. The van der Waals surface area contributed by atoms with Crippen LogP contribution in [0.5, 0.6) is 0 Å². The number of carbonyl (C=O) groups excluding carboxylic acids is 2. The van der Waals surface area contributed by atoms with E-state index in [0.717, 1.165) is 42.7 Å². The number of hydrogen-bond acceptors (Lipinski definition) is 4. The molecule has 1 aliphatic rings. The molecule has 1 atom stereocenters. The van der Waals surface area contributed by atoms with Crippen molar-refractivity contribution in [3.8, 4) is 0 Å². The Kier molecular flexibility index (Phi) is 10.7. The van der Waals surface area contributed by atoms with Gasteiger partial charge in [-0.2, -0.15) is 0 Å². The Morgan fingerprint density at radius 3 is 2.26 bits per heavy atom. The lowest BCUT2D eigenvalue weighted by Gasteiger charge is -2.34. The average molecular weight is 603 g/mol. The van der Waals surface area contributed by atoms with Gasteiger partial charge in [0.15, 0.2) is 0 Å². The summed E-state index contributed by atoms with van der Waals surface area (Å²) in [5, 5.41) is 4.14. The normalized spacial score (nSPS) is 15.1. The van der Waals surface area contributed by atoms with Crippen LogP contribution in [0.3, 0.4) is 0 Å². The van der Waals surface area contributed by atoms with E-state index in [0.29, 0.717) is 38.3 Å². The van der Waals surface area contributed by atoms with Crippen LogP contribution in [0, 0.1) is 6.92 Å². The molecule has 38 heavy (non-hydrogen) atoms. The summed E-state index contributed by atoms with van der Waals surface area (Å²) < 4.78 is 26.7. The van der Waals surface area contributed by atoms with Crippen molar-refractivity contribution in [3.63, 3.8) is 0 Å². The second kappa shape index (κ2) is 13.4. The van der Waals surface area contributed by atoms with E-state index in [1.165, 1.54) is 11.0 Å². The maximum absolute atomic E-state index is 13.9. The van der Waals surface area contributed by atoms with Crippen LogP contribution in [0.2, 0.25) is 15.1 Å². The number of sulfonamides is 1. The maximum Gasteiger partial charge on any atom is 0.244 e. The van der Waals surface area contributed by atoms with E-state index in [1.807, 2.05) is 6.92 Å². The number of carbonyl (C=O) groups is 2. The molecule has 0 unspecified atom stereocenters. The number of benzene rings is 2. The fourth-order valence-electron chi connectivity index (χ4n) is 4.76. The second-order valence-corrected chi connectivity index (χ2v) is 12.8. The van der Waals surface area contributed by atoms with Gasteiger partial charge in [-0.05, 0) is 56.0 Å². The molecule has 2 aromatic carbocycles. The Hall–Kier alpha value is -2.00. The molecule has 7 nitrogen and oxygen atoms in total. The zero-order valence-corrected chi connectivity index (χ0v) is 24.9. The summed E-state index contributed by atoms with van der Waals surface area (Å²) in [6, 6.07) is 9.06. The van der Waals surface area contributed by atoms with Crippen LogP contribution in [0.15, 0.2) is 36.4 Å². The molecule has 11 heteroatoms. The van der Waals surface area contributed by atoms with Gasteiger partial charge in [0.2, 0.25) is 21.8 Å². The standard InChI is InChI=1S/C27H34Cl3N3O4S/c1-4-24(27(35)31-20-9-6-5-7-10-20)32(16-21-22(29)11-8-12-23(21)30)26(34)17-33(38(3,36)37)25-15-19(28)14-13-18(25)2/h8,11-15,20,24H,4-7,9-10,16-17H2,1-3H3,(H,31,35)/t24-/m0/s1. The number of amides is 2. The van der Waals surface area contributed by atoms with E-state index >= 15 is 0 Å². The third-order valence-electron chi connectivity index (χ3n) is 6.85. The van der Waals surface area contributed by atoms with Crippen molar-refractivity contribution in [3.05, 3.63) is 62.6 Å². The Morgan fingerprint density at radius 2 is 1.68 bits per heavy atom. The van der Waals surface area contributed by atoms with Gasteiger partial charge < -0.3 is 10.2 Å². The highest BCUT2D eigenvalue weighted by atomic mass is 35.5. The predicted molar refractivity (Wildman–Crippen MR) is 154 cm³/mol. The Labute approximate surface area is 240 Å². The first-order chi connectivity index (χ1) is 17.9. The average Bonchev–Trinajstić information content (AvgIpc) is 2.85. The molecule has 0 heterocycles. The molecule has 1 fully saturated rings. The van der Waals surface area contributed by atoms with Gasteiger partial charge in [0.1, 0.15) is 12.6 Å². The second-order valence-electron chi connectivity index (χ2n) is 9.69. The zero-order chi connectivity index (χ0) is 28.0. The van der Waals surface area contributed by atoms with E-state index in [1.54, 1.807) is 37.3 Å². The van der Waals surface area contributed by atoms with E-state index in [9.17, 15) is 18.0 Å². The van der Waals surface area contributed by atoms with Crippen molar-refractivity contribution in [2.45, 2.75) is 71.0 Å². The number of anilines is 1. The molecule has 208 valence electrons. The molecular formula is C27H34Cl3N3O4S. The number of halogens is 3. The lowest BCUT2D eigenvalue weighted by molar-refractivity contribution is -0.140. The van der Waals surface area contributed by atoms with Crippen LogP contribution in [-0.4, -0.2) is 50.0 Å². The first kappa shape index (κ1) is 30.5. The van der Waals surface area contributed by atoms with E-state index in [2.05, 4.69) is 5.32 Å². The molecule has 0 aliphatic heterocycles. The minimum Gasteiger partial charge on any atom is -0.352 e. The third kappa shape index (κ3) is 7.78. The Morgan fingerprint density at radius 1 is 1.05 bits per heavy atom. The molecule has 0 aromatic heterocycles. The highest BCUT2D eigenvalue weighted by Crippen LogP contribution is 2.29. The molecule has 1 N–H and O–H groups in total. The summed E-state index contributed by atoms with van der Waals surface area (Å²) >= 11 is 19.0. The van der Waals surface area contributed by atoms with Crippen LogP contribution in [0.1, 0.15) is 56.6 Å². The van der Waals surface area contributed by atoms with Crippen LogP contribution in [-0.2, 0) is 26.2 Å². The van der Waals surface area contributed by atoms with E-state index < -0.39 is 28.5 Å². The van der Waals surface area contributed by atoms with Crippen molar-refractivity contribution in [1.29, 1.82) is 0 Å². The van der Waals surface area contributed by atoms with Crippen molar-refractivity contribution in [2.24, 2.45) is 0 Å².